The second-order valence-corrected chi connectivity index (χ2v) is 5.45. The number of hydrogen-bond acceptors (Lipinski definition) is 3. The highest BCUT2D eigenvalue weighted by atomic mass is 16.3. The molecule has 0 aliphatic carbocycles. The van der Waals surface area contributed by atoms with Crippen molar-refractivity contribution in [2.45, 2.75) is 45.9 Å². The van der Waals surface area contributed by atoms with Crippen LogP contribution in [0.25, 0.3) is 0 Å². The molecule has 0 atom stereocenters. The van der Waals surface area contributed by atoms with Gasteiger partial charge in [-0.1, -0.05) is 12.1 Å². The van der Waals surface area contributed by atoms with E-state index >= 15 is 0 Å². The van der Waals surface area contributed by atoms with Gasteiger partial charge in [-0.15, -0.1) is 0 Å². The van der Waals surface area contributed by atoms with Gasteiger partial charge in [-0.25, -0.2) is 0 Å². The normalized spacial score (nSPS) is 17.7. The number of fused-ring (bicyclic) bond motifs is 1. The molecule has 0 spiro atoms. The van der Waals surface area contributed by atoms with E-state index in [1.54, 1.807) is 0 Å². The largest absolute Gasteiger partial charge is 0.392 e. The zero-order valence-corrected chi connectivity index (χ0v) is 11.3. The van der Waals surface area contributed by atoms with Gasteiger partial charge in [0.2, 0.25) is 5.91 Å². The Labute approximate surface area is 108 Å². The molecule has 0 aromatic heterocycles. The highest BCUT2D eigenvalue weighted by molar-refractivity contribution is 6.06. The smallest absolute Gasteiger partial charge is 0.249 e. The van der Waals surface area contributed by atoms with Crippen LogP contribution in [0.15, 0.2) is 18.2 Å². The Bertz CT molecular complexity index is 481. The van der Waals surface area contributed by atoms with Crippen LogP contribution < -0.4 is 10.2 Å². The Kier molecular flexibility index (Phi) is 3.07. The molecule has 18 heavy (non-hydrogen) atoms. The number of aliphatic hydroxyl groups is 1. The molecule has 0 bridgehead atoms. The summed E-state index contributed by atoms with van der Waals surface area (Å²) >= 11 is 0. The second-order valence-electron chi connectivity index (χ2n) is 5.45. The molecule has 1 aromatic carbocycles. The fraction of sp³-hybridized carbons (Fsp3) is 0.500. The van der Waals surface area contributed by atoms with Crippen LogP contribution in [0.1, 0.15) is 33.3 Å². The first kappa shape index (κ1) is 12.9. The van der Waals surface area contributed by atoms with E-state index in [1.165, 1.54) is 0 Å². The van der Waals surface area contributed by atoms with E-state index < -0.39 is 5.54 Å². The van der Waals surface area contributed by atoms with Crippen molar-refractivity contribution in [3.05, 3.63) is 23.8 Å². The first-order chi connectivity index (χ1) is 8.39. The summed E-state index contributed by atoms with van der Waals surface area (Å²) in [4.78, 5) is 14.3. The molecule has 1 aromatic rings. The number of carbonyl (C=O) groups is 1. The molecule has 0 radical (unpaired) electrons. The third-order valence-electron chi connectivity index (χ3n) is 3.45. The molecule has 0 saturated carbocycles. The van der Waals surface area contributed by atoms with Crippen LogP contribution in [0, 0.1) is 0 Å². The lowest BCUT2D eigenvalue weighted by molar-refractivity contribution is -0.120. The summed E-state index contributed by atoms with van der Waals surface area (Å²) in [6, 6.07) is 5.79. The van der Waals surface area contributed by atoms with Crippen molar-refractivity contribution in [1.82, 2.24) is 0 Å². The lowest BCUT2D eigenvalue weighted by Gasteiger charge is -2.47. The molecule has 2 rings (SSSR count). The molecule has 1 amide bonds. The lowest BCUT2D eigenvalue weighted by atomic mass is 9.93. The molecule has 2 N–H and O–H groups in total. The van der Waals surface area contributed by atoms with E-state index in [4.69, 9.17) is 0 Å². The average molecular weight is 248 g/mol. The Morgan fingerprint density at radius 2 is 2.06 bits per heavy atom. The summed E-state index contributed by atoms with van der Waals surface area (Å²) in [5.41, 5.74) is 1.93. The Morgan fingerprint density at radius 3 is 2.61 bits per heavy atom. The number of nitrogens with one attached hydrogen (secondary N) is 1. The molecule has 1 heterocycles. The number of hydrogen-bond donors (Lipinski definition) is 2. The van der Waals surface area contributed by atoms with Crippen LogP contribution in [-0.2, 0) is 11.4 Å². The first-order valence-corrected chi connectivity index (χ1v) is 6.23. The van der Waals surface area contributed by atoms with Crippen LogP contribution in [0.5, 0.6) is 0 Å². The fourth-order valence-corrected chi connectivity index (χ4v) is 2.67. The molecule has 0 unspecified atom stereocenters. The minimum Gasteiger partial charge on any atom is -0.392 e. The van der Waals surface area contributed by atoms with E-state index in [0.29, 0.717) is 0 Å². The number of rotatable bonds is 2. The topological polar surface area (TPSA) is 52.6 Å². The van der Waals surface area contributed by atoms with Crippen LogP contribution in [0.4, 0.5) is 11.4 Å². The number of anilines is 2. The number of amides is 1. The van der Waals surface area contributed by atoms with Gasteiger partial charge in [0.15, 0.2) is 0 Å². The third-order valence-corrected chi connectivity index (χ3v) is 3.45. The van der Waals surface area contributed by atoms with Crippen LogP contribution in [-0.4, -0.2) is 22.6 Å². The van der Waals surface area contributed by atoms with Crippen molar-refractivity contribution >= 4 is 17.3 Å². The maximum Gasteiger partial charge on any atom is 0.249 e. The number of carbonyl (C=O) groups excluding carboxylic acids is 1. The summed E-state index contributed by atoms with van der Waals surface area (Å²) in [6.07, 6.45) is 0. The maximum atomic E-state index is 12.2. The number of para-hydroxylation sites is 1. The maximum absolute atomic E-state index is 12.2. The minimum atomic E-state index is -0.619. The number of nitrogens with zero attached hydrogens (tertiary/aromatic N) is 1. The third kappa shape index (κ3) is 1.77. The summed E-state index contributed by atoms with van der Waals surface area (Å²) in [7, 11) is 0. The van der Waals surface area contributed by atoms with Crippen molar-refractivity contribution < 1.29 is 9.90 Å². The molecule has 4 nitrogen and oxygen atoms in total. The highest BCUT2D eigenvalue weighted by Gasteiger charge is 2.42. The molecular formula is C14H20N2O2. The number of aliphatic hydroxyl groups excluding tert-OH is 1. The molecule has 0 fully saturated rings. The van der Waals surface area contributed by atoms with E-state index in [9.17, 15) is 9.90 Å². The fourth-order valence-electron chi connectivity index (χ4n) is 2.67. The summed E-state index contributed by atoms with van der Waals surface area (Å²) in [5.74, 6) is -0.0150. The average Bonchev–Trinajstić information content (AvgIpc) is 2.29. The SMILES string of the molecule is CC(C)N1c2c(CO)cccc2NC(=O)C1(C)C. The van der Waals surface area contributed by atoms with Crippen LogP contribution in [0.2, 0.25) is 0 Å². The van der Waals surface area contributed by atoms with Gasteiger partial charge < -0.3 is 15.3 Å². The van der Waals surface area contributed by atoms with E-state index in [-0.39, 0.29) is 18.6 Å². The van der Waals surface area contributed by atoms with Crippen LogP contribution in [0.3, 0.4) is 0 Å². The highest BCUT2D eigenvalue weighted by Crippen LogP contribution is 2.40. The van der Waals surface area contributed by atoms with Gasteiger partial charge in [0.05, 0.1) is 18.0 Å². The molecule has 98 valence electrons. The first-order valence-electron chi connectivity index (χ1n) is 6.23. The second kappa shape index (κ2) is 4.28. The van der Waals surface area contributed by atoms with E-state index in [0.717, 1.165) is 16.9 Å². The van der Waals surface area contributed by atoms with Crippen molar-refractivity contribution in [3.8, 4) is 0 Å². The Morgan fingerprint density at radius 1 is 1.39 bits per heavy atom. The molecule has 4 heteroatoms. The molecule has 1 aliphatic heterocycles. The molecular weight excluding hydrogens is 228 g/mol. The predicted molar refractivity (Wildman–Crippen MR) is 72.7 cm³/mol. The van der Waals surface area contributed by atoms with Crippen molar-refractivity contribution in [1.29, 1.82) is 0 Å². The zero-order chi connectivity index (χ0) is 13.5. The van der Waals surface area contributed by atoms with Gasteiger partial charge in [-0.2, -0.15) is 0 Å². The summed E-state index contributed by atoms with van der Waals surface area (Å²) in [5, 5.41) is 12.4. The molecule has 0 saturated heterocycles. The van der Waals surface area contributed by atoms with Crippen LogP contribution >= 0.6 is 0 Å². The Balaban J connectivity index is 2.67. The van der Waals surface area contributed by atoms with Gasteiger partial charge in [-0.05, 0) is 33.8 Å². The van der Waals surface area contributed by atoms with Gasteiger partial charge >= 0.3 is 0 Å². The summed E-state index contributed by atoms with van der Waals surface area (Å²) in [6.45, 7) is 7.88. The standard InChI is InChI=1S/C14H20N2O2/c1-9(2)16-12-10(8-17)6-5-7-11(12)15-13(18)14(16,3)4/h5-7,9,17H,8H2,1-4H3,(H,15,18). The lowest BCUT2D eigenvalue weighted by Crippen LogP contribution is -2.58. The van der Waals surface area contributed by atoms with Crippen molar-refractivity contribution in [2.75, 3.05) is 10.2 Å². The van der Waals surface area contributed by atoms with E-state index in [1.807, 2.05) is 32.0 Å². The number of benzene rings is 1. The van der Waals surface area contributed by atoms with Crippen molar-refractivity contribution in [2.24, 2.45) is 0 Å². The van der Waals surface area contributed by atoms with Gasteiger partial charge in [0, 0.05) is 11.6 Å². The molecule has 1 aliphatic rings. The van der Waals surface area contributed by atoms with Gasteiger partial charge in [0.1, 0.15) is 5.54 Å². The van der Waals surface area contributed by atoms with Gasteiger partial charge in [0.25, 0.3) is 0 Å². The Hall–Kier alpha value is -1.55. The monoisotopic (exact) mass is 248 g/mol. The van der Waals surface area contributed by atoms with Gasteiger partial charge in [-0.3, -0.25) is 4.79 Å². The van der Waals surface area contributed by atoms with E-state index in [2.05, 4.69) is 24.1 Å². The van der Waals surface area contributed by atoms with Crippen molar-refractivity contribution in [3.63, 3.8) is 0 Å². The zero-order valence-electron chi connectivity index (χ0n) is 11.3. The summed E-state index contributed by atoms with van der Waals surface area (Å²) < 4.78 is 0. The predicted octanol–water partition coefficient (Wildman–Crippen LogP) is 2.12. The quantitative estimate of drug-likeness (QED) is 0.843. The minimum absolute atomic E-state index is 0.0150.